The number of anilines is 1. The molecule has 0 aliphatic heterocycles. The fraction of sp³-hybridized carbons (Fsp3) is 0.533. The van der Waals surface area contributed by atoms with Gasteiger partial charge in [0.15, 0.2) is 0 Å². The third-order valence-electron chi connectivity index (χ3n) is 3.30. The molecule has 0 heterocycles. The van der Waals surface area contributed by atoms with Crippen molar-refractivity contribution in [3.05, 3.63) is 29.8 Å². The van der Waals surface area contributed by atoms with Gasteiger partial charge in [0.1, 0.15) is 5.54 Å². The predicted molar refractivity (Wildman–Crippen MR) is 81.3 cm³/mol. The van der Waals surface area contributed by atoms with Crippen LogP contribution in [0, 0.1) is 0 Å². The van der Waals surface area contributed by atoms with Gasteiger partial charge in [-0.15, -0.1) is 0 Å². The van der Waals surface area contributed by atoms with Crippen molar-refractivity contribution in [3.8, 4) is 0 Å². The Labute approximate surface area is 124 Å². The molecule has 0 bridgehead atoms. The Hall–Kier alpha value is -1.63. The molecule has 1 aromatic rings. The minimum Gasteiger partial charge on any atom is -0.394 e. The van der Waals surface area contributed by atoms with Gasteiger partial charge in [-0.3, -0.25) is 0 Å². The number of nitrogens with one attached hydrogen (secondary N) is 2. The van der Waals surface area contributed by atoms with Crippen LogP contribution in [0.3, 0.4) is 0 Å². The molecule has 0 fully saturated rings. The van der Waals surface area contributed by atoms with Crippen molar-refractivity contribution in [1.82, 2.24) is 5.32 Å². The van der Waals surface area contributed by atoms with E-state index >= 15 is 0 Å². The van der Waals surface area contributed by atoms with Gasteiger partial charge < -0.3 is 26.0 Å². The zero-order chi connectivity index (χ0) is 16.1. The highest BCUT2D eigenvalue weighted by Crippen LogP contribution is 2.23. The van der Waals surface area contributed by atoms with E-state index in [2.05, 4.69) is 31.4 Å². The van der Waals surface area contributed by atoms with Crippen molar-refractivity contribution in [2.75, 3.05) is 25.1 Å². The first-order valence-electron chi connectivity index (χ1n) is 6.78. The summed E-state index contributed by atoms with van der Waals surface area (Å²) in [5.41, 5.74) is 0.322. The summed E-state index contributed by atoms with van der Waals surface area (Å²) in [6, 6.07) is 6.80. The summed E-state index contributed by atoms with van der Waals surface area (Å²) in [4.78, 5) is 11.8. The molecule has 21 heavy (non-hydrogen) atoms. The lowest BCUT2D eigenvalue weighted by atomic mass is 9.87. The zero-order valence-corrected chi connectivity index (χ0v) is 12.7. The second-order valence-electron chi connectivity index (χ2n) is 6.16. The maximum atomic E-state index is 11.8. The van der Waals surface area contributed by atoms with E-state index in [4.69, 9.17) is 15.3 Å². The highest BCUT2D eigenvalue weighted by molar-refractivity contribution is 5.89. The summed E-state index contributed by atoms with van der Waals surface area (Å²) in [7, 11) is 0. The molecule has 0 aliphatic carbocycles. The first kappa shape index (κ1) is 17.4. The zero-order valence-electron chi connectivity index (χ0n) is 12.7. The van der Waals surface area contributed by atoms with Gasteiger partial charge in [-0.05, 0) is 23.1 Å². The van der Waals surface area contributed by atoms with E-state index in [9.17, 15) is 4.79 Å². The molecule has 2 amide bonds. The van der Waals surface area contributed by atoms with Crippen molar-refractivity contribution >= 4 is 11.7 Å². The van der Waals surface area contributed by atoms with Crippen LogP contribution in [0.25, 0.3) is 0 Å². The van der Waals surface area contributed by atoms with Gasteiger partial charge in [-0.1, -0.05) is 32.9 Å². The molecule has 0 unspecified atom stereocenters. The van der Waals surface area contributed by atoms with Gasteiger partial charge in [0, 0.05) is 5.69 Å². The SMILES string of the molecule is CC(C)(C)c1ccc(NC(=O)NC(CO)(CO)CO)cc1. The molecule has 1 aromatic carbocycles. The van der Waals surface area contributed by atoms with Crippen molar-refractivity contribution in [3.63, 3.8) is 0 Å². The number of aliphatic hydroxyl groups is 3. The summed E-state index contributed by atoms with van der Waals surface area (Å²) in [6.07, 6.45) is 0. The van der Waals surface area contributed by atoms with Gasteiger partial charge in [-0.2, -0.15) is 0 Å². The largest absolute Gasteiger partial charge is 0.394 e. The molecular weight excluding hydrogens is 272 g/mol. The quantitative estimate of drug-likeness (QED) is 0.555. The first-order chi connectivity index (χ1) is 9.76. The Morgan fingerprint density at radius 3 is 1.86 bits per heavy atom. The molecule has 0 saturated carbocycles. The number of aliphatic hydroxyl groups excluding tert-OH is 3. The number of carbonyl (C=O) groups excluding carboxylic acids is 1. The molecule has 1 rings (SSSR count). The molecule has 0 radical (unpaired) electrons. The number of amides is 2. The average molecular weight is 296 g/mol. The van der Waals surface area contributed by atoms with E-state index in [-0.39, 0.29) is 5.41 Å². The fourth-order valence-electron chi connectivity index (χ4n) is 1.73. The lowest BCUT2D eigenvalue weighted by molar-refractivity contribution is 0.0507. The molecule has 0 saturated heterocycles. The Balaban J connectivity index is 2.71. The van der Waals surface area contributed by atoms with Gasteiger partial charge >= 0.3 is 6.03 Å². The molecule has 0 aliphatic rings. The molecule has 0 atom stereocenters. The lowest BCUT2D eigenvalue weighted by Crippen LogP contribution is -2.58. The maximum Gasteiger partial charge on any atom is 0.319 e. The fourth-order valence-corrected chi connectivity index (χ4v) is 1.73. The number of benzene rings is 1. The number of urea groups is 1. The van der Waals surface area contributed by atoms with Gasteiger partial charge in [0.2, 0.25) is 0 Å². The summed E-state index contributed by atoms with van der Waals surface area (Å²) in [5.74, 6) is 0. The van der Waals surface area contributed by atoms with Crippen LogP contribution >= 0.6 is 0 Å². The van der Waals surface area contributed by atoms with Crippen LogP contribution < -0.4 is 10.6 Å². The van der Waals surface area contributed by atoms with Gasteiger partial charge in [0.05, 0.1) is 19.8 Å². The van der Waals surface area contributed by atoms with E-state index < -0.39 is 31.4 Å². The highest BCUT2D eigenvalue weighted by atomic mass is 16.3. The highest BCUT2D eigenvalue weighted by Gasteiger charge is 2.29. The summed E-state index contributed by atoms with van der Waals surface area (Å²) in [6.45, 7) is 4.61. The van der Waals surface area contributed by atoms with Crippen LogP contribution in [-0.4, -0.2) is 46.7 Å². The number of rotatable bonds is 5. The molecule has 5 N–H and O–H groups in total. The van der Waals surface area contributed by atoms with Crippen LogP contribution in [0.5, 0.6) is 0 Å². The van der Waals surface area contributed by atoms with Crippen molar-refractivity contribution in [2.45, 2.75) is 31.7 Å². The molecular formula is C15H24N2O4. The first-order valence-corrected chi connectivity index (χ1v) is 6.78. The third kappa shape index (κ3) is 4.70. The second kappa shape index (κ2) is 6.89. The van der Waals surface area contributed by atoms with E-state index in [0.29, 0.717) is 5.69 Å². The molecule has 0 spiro atoms. The minimum absolute atomic E-state index is 0.0284. The Morgan fingerprint density at radius 1 is 1.00 bits per heavy atom. The van der Waals surface area contributed by atoms with Gasteiger partial charge in [-0.25, -0.2) is 4.79 Å². The van der Waals surface area contributed by atoms with Crippen LogP contribution in [0.4, 0.5) is 10.5 Å². The Bertz CT molecular complexity index is 453. The van der Waals surface area contributed by atoms with E-state index in [0.717, 1.165) is 5.56 Å². The molecule has 0 aromatic heterocycles. The van der Waals surface area contributed by atoms with E-state index in [1.807, 2.05) is 12.1 Å². The molecule has 6 heteroatoms. The minimum atomic E-state index is -1.44. The monoisotopic (exact) mass is 296 g/mol. The van der Waals surface area contributed by atoms with Crippen molar-refractivity contribution in [2.24, 2.45) is 0 Å². The average Bonchev–Trinajstić information content (AvgIpc) is 2.44. The molecule has 6 nitrogen and oxygen atoms in total. The lowest BCUT2D eigenvalue weighted by Gasteiger charge is -2.28. The third-order valence-corrected chi connectivity index (χ3v) is 3.30. The number of carbonyl (C=O) groups is 1. The summed E-state index contributed by atoms with van der Waals surface area (Å²) in [5, 5.41) is 32.4. The molecule has 118 valence electrons. The summed E-state index contributed by atoms with van der Waals surface area (Å²) < 4.78 is 0. The Kier molecular flexibility index (Phi) is 5.71. The van der Waals surface area contributed by atoms with E-state index in [1.54, 1.807) is 12.1 Å². The van der Waals surface area contributed by atoms with Gasteiger partial charge in [0.25, 0.3) is 0 Å². The number of hydrogen-bond donors (Lipinski definition) is 5. The van der Waals surface area contributed by atoms with E-state index in [1.165, 1.54) is 0 Å². The predicted octanol–water partition coefficient (Wildman–Crippen LogP) is 0.821. The number of hydrogen-bond acceptors (Lipinski definition) is 4. The second-order valence-corrected chi connectivity index (χ2v) is 6.16. The smallest absolute Gasteiger partial charge is 0.319 e. The Morgan fingerprint density at radius 2 is 1.48 bits per heavy atom. The topological polar surface area (TPSA) is 102 Å². The van der Waals surface area contributed by atoms with Crippen LogP contribution in [0.1, 0.15) is 26.3 Å². The van der Waals surface area contributed by atoms with Crippen molar-refractivity contribution in [1.29, 1.82) is 0 Å². The summed E-state index contributed by atoms with van der Waals surface area (Å²) >= 11 is 0. The normalized spacial score (nSPS) is 12.1. The van der Waals surface area contributed by atoms with Crippen LogP contribution in [0.15, 0.2) is 24.3 Å². The standard InChI is InChI=1S/C15H24N2O4/c1-14(2,3)11-4-6-12(7-5-11)16-13(21)17-15(8-18,9-19)10-20/h4-7,18-20H,8-10H2,1-3H3,(H2,16,17,21). The van der Waals surface area contributed by atoms with Crippen LogP contribution in [0.2, 0.25) is 0 Å². The maximum absolute atomic E-state index is 11.8. The van der Waals surface area contributed by atoms with Crippen LogP contribution in [-0.2, 0) is 5.41 Å². The van der Waals surface area contributed by atoms with Crippen molar-refractivity contribution < 1.29 is 20.1 Å².